The zero-order valence-corrected chi connectivity index (χ0v) is 14.4. The number of hydrogen-bond acceptors (Lipinski definition) is 1. The summed E-state index contributed by atoms with van der Waals surface area (Å²) in [4.78, 5) is 0. The predicted octanol–water partition coefficient (Wildman–Crippen LogP) is 5.26. The Labute approximate surface area is 135 Å². The first kappa shape index (κ1) is 15.0. The third-order valence-electron chi connectivity index (χ3n) is 8.15. The fourth-order valence-corrected chi connectivity index (χ4v) is 7.11. The monoisotopic (exact) mass is 300 g/mol. The molecular weight excluding hydrogens is 268 g/mol. The minimum atomic E-state index is -0.483. The number of rotatable bonds is 1. The topological polar surface area (TPSA) is 20.2 Å². The van der Waals surface area contributed by atoms with Crippen molar-refractivity contribution < 1.29 is 5.11 Å². The van der Waals surface area contributed by atoms with Gasteiger partial charge in [-0.2, -0.15) is 0 Å². The van der Waals surface area contributed by atoms with Crippen LogP contribution < -0.4 is 0 Å². The van der Waals surface area contributed by atoms with E-state index >= 15 is 0 Å². The maximum atomic E-state index is 11.1. The van der Waals surface area contributed by atoms with Crippen molar-refractivity contribution in [1.29, 1.82) is 0 Å². The van der Waals surface area contributed by atoms with E-state index in [0.29, 0.717) is 0 Å². The molecule has 1 nitrogen and oxygen atoms in total. The Bertz CT molecular complexity index is 514. The average molecular weight is 300 g/mol. The van der Waals surface area contributed by atoms with Crippen LogP contribution in [-0.4, -0.2) is 10.7 Å². The second-order valence-corrected chi connectivity index (χ2v) is 8.81. The Morgan fingerprint density at radius 3 is 2.91 bits per heavy atom. The Morgan fingerprint density at radius 1 is 1.32 bits per heavy atom. The molecule has 3 fully saturated rings. The molecular formula is C21H32O. The second kappa shape index (κ2) is 4.97. The fourth-order valence-electron chi connectivity index (χ4n) is 7.11. The number of allylic oxidation sites excluding steroid dienone is 3. The SMILES string of the molecule is C=C1CC2(CC)C(CCC2(C)O)C2CCC3=CCCCC3C12. The summed E-state index contributed by atoms with van der Waals surface area (Å²) < 4.78 is 0. The Hall–Kier alpha value is -0.560. The zero-order chi connectivity index (χ0) is 15.5. The van der Waals surface area contributed by atoms with E-state index in [2.05, 4.69) is 26.5 Å². The van der Waals surface area contributed by atoms with Gasteiger partial charge in [0.05, 0.1) is 5.60 Å². The lowest BCUT2D eigenvalue weighted by Crippen LogP contribution is -2.53. The lowest BCUT2D eigenvalue weighted by atomic mass is 9.48. The highest BCUT2D eigenvalue weighted by molar-refractivity contribution is 5.28. The molecule has 0 saturated heterocycles. The van der Waals surface area contributed by atoms with E-state index < -0.39 is 5.60 Å². The number of aliphatic hydroxyl groups is 1. The van der Waals surface area contributed by atoms with Crippen LogP contribution in [0.1, 0.15) is 71.6 Å². The summed E-state index contributed by atoms with van der Waals surface area (Å²) in [6.45, 7) is 8.98. The molecule has 6 unspecified atom stereocenters. The summed E-state index contributed by atoms with van der Waals surface area (Å²) in [5.41, 5.74) is 2.86. The third kappa shape index (κ3) is 1.81. The zero-order valence-electron chi connectivity index (χ0n) is 14.4. The molecule has 0 bridgehead atoms. The molecule has 0 heterocycles. The van der Waals surface area contributed by atoms with Crippen LogP contribution >= 0.6 is 0 Å². The highest BCUT2D eigenvalue weighted by atomic mass is 16.3. The summed E-state index contributed by atoms with van der Waals surface area (Å²) in [6, 6.07) is 0. The fraction of sp³-hybridized carbons (Fsp3) is 0.810. The van der Waals surface area contributed by atoms with Crippen molar-refractivity contribution in [3.05, 3.63) is 23.8 Å². The molecule has 122 valence electrons. The molecule has 0 aromatic rings. The van der Waals surface area contributed by atoms with E-state index in [0.717, 1.165) is 42.9 Å². The van der Waals surface area contributed by atoms with Crippen molar-refractivity contribution in [2.75, 3.05) is 0 Å². The van der Waals surface area contributed by atoms with E-state index in [-0.39, 0.29) is 5.41 Å². The molecule has 22 heavy (non-hydrogen) atoms. The average Bonchev–Trinajstić information content (AvgIpc) is 2.78. The van der Waals surface area contributed by atoms with Crippen molar-refractivity contribution in [3.8, 4) is 0 Å². The second-order valence-electron chi connectivity index (χ2n) is 8.81. The van der Waals surface area contributed by atoms with Crippen LogP contribution in [0.25, 0.3) is 0 Å². The van der Waals surface area contributed by atoms with Crippen molar-refractivity contribution in [1.82, 2.24) is 0 Å². The van der Waals surface area contributed by atoms with Gasteiger partial charge in [0, 0.05) is 5.41 Å². The Morgan fingerprint density at radius 2 is 2.14 bits per heavy atom. The van der Waals surface area contributed by atoms with Crippen molar-refractivity contribution in [2.24, 2.45) is 29.1 Å². The molecule has 4 rings (SSSR count). The van der Waals surface area contributed by atoms with Gasteiger partial charge in [0.25, 0.3) is 0 Å². The molecule has 6 atom stereocenters. The van der Waals surface area contributed by atoms with Gasteiger partial charge in [0.1, 0.15) is 0 Å². The van der Waals surface area contributed by atoms with Gasteiger partial charge in [0.15, 0.2) is 0 Å². The van der Waals surface area contributed by atoms with Crippen LogP contribution in [0.2, 0.25) is 0 Å². The van der Waals surface area contributed by atoms with E-state index in [9.17, 15) is 5.11 Å². The first-order valence-corrected chi connectivity index (χ1v) is 9.59. The van der Waals surface area contributed by atoms with Gasteiger partial charge in [0.2, 0.25) is 0 Å². The smallest absolute Gasteiger partial charge is 0.0681 e. The van der Waals surface area contributed by atoms with Gasteiger partial charge in [-0.25, -0.2) is 0 Å². The van der Waals surface area contributed by atoms with Gasteiger partial charge in [-0.05, 0) is 88.4 Å². The van der Waals surface area contributed by atoms with E-state index in [1.807, 2.05) is 0 Å². The first-order chi connectivity index (χ1) is 10.5. The molecule has 3 saturated carbocycles. The first-order valence-electron chi connectivity index (χ1n) is 9.59. The normalized spacial score (nSPS) is 50.9. The van der Waals surface area contributed by atoms with Gasteiger partial charge in [-0.1, -0.05) is 30.7 Å². The molecule has 1 N–H and O–H groups in total. The quantitative estimate of drug-likeness (QED) is 0.655. The summed E-state index contributed by atoms with van der Waals surface area (Å²) in [5, 5.41) is 11.1. The van der Waals surface area contributed by atoms with Crippen LogP contribution in [0.4, 0.5) is 0 Å². The van der Waals surface area contributed by atoms with Crippen LogP contribution in [-0.2, 0) is 0 Å². The molecule has 0 spiro atoms. The van der Waals surface area contributed by atoms with Crippen molar-refractivity contribution in [2.45, 2.75) is 77.2 Å². The third-order valence-corrected chi connectivity index (χ3v) is 8.15. The van der Waals surface area contributed by atoms with E-state index in [1.165, 1.54) is 44.1 Å². The molecule has 0 amide bonds. The van der Waals surface area contributed by atoms with Gasteiger partial charge in [-0.15, -0.1) is 0 Å². The minimum Gasteiger partial charge on any atom is -0.390 e. The van der Waals surface area contributed by atoms with Crippen LogP contribution in [0.5, 0.6) is 0 Å². The standard InChI is InChI=1S/C21H32O/c1-4-21-13-14(2)19-16-8-6-5-7-15(16)9-10-17(19)18(21)11-12-20(21,3)22/h7,16-19,22H,2,4-6,8-13H2,1,3H3. The maximum absolute atomic E-state index is 11.1. The van der Waals surface area contributed by atoms with Gasteiger partial charge in [-0.3, -0.25) is 0 Å². The lowest BCUT2D eigenvalue weighted by Gasteiger charge is -2.57. The number of hydrogen-bond donors (Lipinski definition) is 1. The highest BCUT2D eigenvalue weighted by Gasteiger charge is 2.62. The minimum absolute atomic E-state index is 0.112. The maximum Gasteiger partial charge on any atom is 0.0681 e. The highest BCUT2D eigenvalue weighted by Crippen LogP contribution is 2.67. The van der Waals surface area contributed by atoms with E-state index in [4.69, 9.17) is 0 Å². The molecule has 4 aliphatic carbocycles. The van der Waals surface area contributed by atoms with Crippen molar-refractivity contribution in [3.63, 3.8) is 0 Å². The summed E-state index contributed by atoms with van der Waals surface area (Å²) in [7, 11) is 0. The van der Waals surface area contributed by atoms with Crippen LogP contribution in [0, 0.1) is 29.1 Å². The van der Waals surface area contributed by atoms with Crippen molar-refractivity contribution >= 4 is 0 Å². The molecule has 0 aromatic carbocycles. The Kier molecular flexibility index (Phi) is 3.39. The Balaban J connectivity index is 1.73. The molecule has 0 aromatic heterocycles. The van der Waals surface area contributed by atoms with Gasteiger partial charge < -0.3 is 5.11 Å². The number of fused-ring (bicyclic) bond motifs is 5. The van der Waals surface area contributed by atoms with Gasteiger partial charge >= 0.3 is 0 Å². The summed E-state index contributed by atoms with van der Waals surface area (Å²) in [6.07, 6.45) is 13.7. The van der Waals surface area contributed by atoms with E-state index in [1.54, 1.807) is 5.57 Å². The predicted molar refractivity (Wildman–Crippen MR) is 91.5 cm³/mol. The molecule has 0 aliphatic heterocycles. The lowest BCUT2D eigenvalue weighted by molar-refractivity contribution is -0.102. The molecule has 4 aliphatic rings. The molecule has 1 heteroatoms. The largest absolute Gasteiger partial charge is 0.390 e. The van der Waals surface area contributed by atoms with Crippen LogP contribution in [0.3, 0.4) is 0 Å². The summed E-state index contributed by atoms with van der Waals surface area (Å²) >= 11 is 0. The summed E-state index contributed by atoms with van der Waals surface area (Å²) in [5.74, 6) is 3.03. The molecule has 0 radical (unpaired) electrons. The van der Waals surface area contributed by atoms with Crippen LogP contribution in [0.15, 0.2) is 23.8 Å².